The molecule has 52 heavy (non-hydrogen) atoms. The maximum absolute atomic E-state index is 5.26. The summed E-state index contributed by atoms with van der Waals surface area (Å²) in [4.78, 5) is 10.5. The van der Waals surface area contributed by atoms with Gasteiger partial charge in [0, 0.05) is 68.3 Å². The highest BCUT2D eigenvalue weighted by molar-refractivity contribution is 6.96. The van der Waals surface area contributed by atoms with Gasteiger partial charge >= 0.3 is 0 Å². The fourth-order valence-corrected chi connectivity index (χ4v) is 9.33. The molecule has 3 aromatic carbocycles. The lowest BCUT2D eigenvalue weighted by molar-refractivity contribution is 0.453. The second-order valence-electron chi connectivity index (χ2n) is 19.6. The minimum atomic E-state index is -0.184. The monoisotopic (exact) mass is 685 g/mol. The molecule has 0 radical (unpaired) electrons. The summed E-state index contributed by atoms with van der Waals surface area (Å²) in [7, 11) is 0. The van der Waals surface area contributed by atoms with E-state index in [2.05, 4.69) is 185 Å². The second-order valence-corrected chi connectivity index (χ2v) is 19.6. The molecule has 266 valence electrons. The number of aryl methyl sites for hydroxylation is 1. The molecule has 0 N–H and O–H groups in total. The van der Waals surface area contributed by atoms with Gasteiger partial charge in [0.1, 0.15) is 0 Å². The van der Waals surface area contributed by atoms with Gasteiger partial charge in [-0.3, -0.25) is 4.98 Å². The van der Waals surface area contributed by atoms with E-state index in [0.29, 0.717) is 5.92 Å². The predicted octanol–water partition coefficient (Wildman–Crippen LogP) is 11.3. The van der Waals surface area contributed by atoms with Gasteiger partial charge in [-0.1, -0.05) is 137 Å². The van der Waals surface area contributed by atoms with Crippen LogP contribution in [0.4, 0.5) is 22.7 Å². The molecule has 0 spiro atoms. The van der Waals surface area contributed by atoms with Crippen molar-refractivity contribution in [3.8, 4) is 0 Å². The number of nitrogens with zero attached hydrogens (tertiary/aromatic N) is 3. The van der Waals surface area contributed by atoms with Gasteiger partial charge in [0.05, 0.1) is 0 Å². The van der Waals surface area contributed by atoms with Crippen molar-refractivity contribution in [2.24, 2.45) is 11.3 Å². The number of aromatic nitrogens is 1. The number of anilines is 4. The van der Waals surface area contributed by atoms with Crippen molar-refractivity contribution in [2.75, 3.05) is 9.80 Å². The Balaban J connectivity index is 1.47. The maximum atomic E-state index is 5.26. The molecule has 4 aliphatic rings. The van der Waals surface area contributed by atoms with Crippen molar-refractivity contribution in [2.45, 2.75) is 113 Å². The smallest absolute Gasteiger partial charge is 0.250 e. The molecule has 3 heterocycles. The third-order valence-electron chi connectivity index (χ3n) is 12.3. The number of allylic oxidation sites excluding steroid dienone is 5. The third-order valence-corrected chi connectivity index (χ3v) is 12.3. The molecular formula is C48H56BN3. The Morgan fingerprint density at radius 1 is 0.750 bits per heavy atom. The molecule has 1 atom stereocenters. The van der Waals surface area contributed by atoms with Crippen LogP contribution in [0.5, 0.6) is 0 Å². The lowest BCUT2D eigenvalue weighted by Gasteiger charge is -2.47. The van der Waals surface area contributed by atoms with Crippen LogP contribution in [0.25, 0.3) is 5.70 Å². The Morgan fingerprint density at radius 2 is 1.40 bits per heavy atom. The van der Waals surface area contributed by atoms with E-state index in [0.717, 1.165) is 12.1 Å². The zero-order valence-electron chi connectivity index (χ0n) is 33.8. The minimum absolute atomic E-state index is 0.0704. The average molecular weight is 686 g/mol. The quantitative estimate of drug-likeness (QED) is 0.196. The normalized spacial score (nSPS) is 19.2. The zero-order valence-corrected chi connectivity index (χ0v) is 33.8. The Bertz CT molecular complexity index is 2230. The summed E-state index contributed by atoms with van der Waals surface area (Å²) < 4.78 is 0. The van der Waals surface area contributed by atoms with Crippen LogP contribution in [0, 0.1) is 18.3 Å². The summed E-state index contributed by atoms with van der Waals surface area (Å²) in [5, 5.41) is 0. The predicted molar refractivity (Wildman–Crippen MR) is 224 cm³/mol. The standard InChI is InChI=1S/C48H56BN3/c1-29-24-39-42-40(25-29)52(37-23-20-32(26-30(37)2)46(6,7)8)43-34-16-14-15-17-35(34)48(12,13)44(43)49(42)36-28-50-41(47(9,10)11)27-38(36)51(39)33-21-18-31(19-22-33)45(3,4)5/h14-25,27-28,30H,26H2,1-13H3. The molecule has 0 saturated carbocycles. The van der Waals surface area contributed by atoms with Gasteiger partial charge in [-0.25, -0.2) is 0 Å². The first-order chi connectivity index (χ1) is 24.3. The van der Waals surface area contributed by atoms with Crippen LogP contribution in [0.3, 0.4) is 0 Å². The van der Waals surface area contributed by atoms with E-state index in [1.807, 2.05) is 0 Å². The summed E-state index contributed by atoms with van der Waals surface area (Å²) in [6.45, 7) is 30.4. The highest BCUT2D eigenvalue weighted by atomic mass is 15.2. The molecule has 8 rings (SSSR count). The third kappa shape index (κ3) is 5.18. The molecule has 4 aromatic rings. The topological polar surface area (TPSA) is 19.4 Å². The van der Waals surface area contributed by atoms with Crippen LogP contribution >= 0.6 is 0 Å². The number of benzene rings is 3. The summed E-state index contributed by atoms with van der Waals surface area (Å²) in [6.07, 6.45) is 8.15. The van der Waals surface area contributed by atoms with Gasteiger partial charge in [0.25, 0.3) is 6.71 Å². The van der Waals surface area contributed by atoms with Crippen molar-refractivity contribution in [1.29, 1.82) is 0 Å². The van der Waals surface area contributed by atoms with Crippen LogP contribution in [-0.4, -0.2) is 11.7 Å². The molecule has 2 aliphatic heterocycles. The Kier molecular flexibility index (Phi) is 7.59. The van der Waals surface area contributed by atoms with Crippen LogP contribution in [0.1, 0.15) is 117 Å². The van der Waals surface area contributed by atoms with Gasteiger partial charge in [0.2, 0.25) is 0 Å². The van der Waals surface area contributed by atoms with Gasteiger partial charge in [0.15, 0.2) is 0 Å². The van der Waals surface area contributed by atoms with E-state index in [1.54, 1.807) is 0 Å². The number of fused-ring (bicyclic) bond motifs is 5. The first kappa shape index (κ1) is 34.8. The molecule has 4 heteroatoms. The van der Waals surface area contributed by atoms with Crippen molar-refractivity contribution in [3.05, 3.63) is 130 Å². The molecule has 0 bridgehead atoms. The molecule has 0 amide bonds. The molecule has 3 nitrogen and oxygen atoms in total. The Morgan fingerprint density at radius 3 is 2.02 bits per heavy atom. The van der Waals surface area contributed by atoms with E-state index < -0.39 is 0 Å². The lowest BCUT2D eigenvalue weighted by atomic mass is 9.30. The van der Waals surface area contributed by atoms with E-state index >= 15 is 0 Å². The average Bonchev–Trinajstić information content (AvgIpc) is 3.30. The second kappa shape index (κ2) is 11.3. The van der Waals surface area contributed by atoms with E-state index in [4.69, 9.17) is 4.98 Å². The van der Waals surface area contributed by atoms with E-state index in [9.17, 15) is 0 Å². The highest BCUT2D eigenvalue weighted by Crippen LogP contribution is 2.56. The first-order valence-electron chi connectivity index (χ1n) is 19.4. The van der Waals surface area contributed by atoms with E-state index in [1.165, 1.54) is 78.4 Å². The molecule has 1 aromatic heterocycles. The molecule has 0 saturated heterocycles. The van der Waals surface area contributed by atoms with Crippen LogP contribution in [0.2, 0.25) is 0 Å². The number of rotatable bonds is 2. The van der Waals surface area contributed by atoms with E-state index in [-0.39, 0.29) is 28.4 Å². The van der Waals surface area contributed by atoms with Gasteiger partial charge in [-0.15, -0.1) is 0 Å². The summed E-state index contributed by atoms with van der Waals surface area (Å²) in [6, 6.07) is 25.8. The first-order valence-corrected chi connectivity index (χ1v) is 19.4. The lowest BCUT2D eigenvalue weighted by Crippen LogP contribution is -2.58. The summed E-state index contributed by atoms with van der Waals surface area (Å²) >= 11 is 0. The minimum Gasteiger partial charge on any atom is -0.315 e. The fourth-order valence-electron chi connectivity index (χ4n) is 9.33. The molecule has 0 fully saturated rings. The molecular weight excluding hydrogens is 629 g/mol. The maximum Gasteiger partial charge on any atom is 0.250 e. The Labute approximate surface area is 313 Å². The van der Waals surface area contributed by atoms with Crippen molar-refractivity contribution in [1.82, 2.24) is 4.98 Å². The number of hydrogen-bond donors (Lipinski definition) is 0. The number of hydrogen-bond acceptors (Lipinski definition) is 3. The van der Waals surface area contributed by atoms with Crippen LogP contribution in [0.15, 0.2) is 102 Å². The molecule has 2 aliphatic carbocycles. The van der Waals surface area contributed by atoms with Crippen molar-refractivity contribution in [3.63, 3.8) is 0 Å². The summed E-state index contributed by atoms with van der Waals surface area (Å²) in [5.74, 6) is 0.365. The molecule has 1 unspecified atom stereocenters. The van der Waals surface area contributed by atoms with Crippen molar-refractivity contribution < 1.29 is 0 Å². The van der Waals surface area contributed by atoms with Crippen LogP contribution in [-0.2, 0) is 16.2 Å². The van der Waals surface area contributed by atoms with Crippen LogP contribution < -0.4 is 20.7 Å². The largest absolute Gasteiger partial charge is 0.315 e. The highest BCUT2D eigenvalue weighted by Gasteiger charge is 2.53. The fraction of sp³-hybridized carbons (Fsp3) is 0.396. The zero-order chi connectivity index (χ0) is 37.3. The van der Waals surface area contributed by atoms with Gasteiger partial charge in [-0.05, 0) is 88.2 Å². The SMILES string of the molecule is Cc1cc2c3c(c1)N(c1ccc(C(C)(C)C)cc1)c1cc(C(C)(C)C)ncc1B3C1=C(c3ccccc3C1(C)C)N2C1=CC=C(C(C)(C)C)CC1C. The van der Waals surface area contributed by atoms with Crippen molar-refractivity contribution >= 4 is 46.1 Å². The summed E-state index contributed by atoms with van der Waals surface area (Å²) in [5.41, 5.74) is 19.9. The Hall–Kier alpha value is -4.31. The van der Waals surface area contributed by atoms with Gasteiger partial charge in [-0.2, -0.15) is 0 Å². The van der Waals surface area contributed by atoms with Gasteiger partial charge < -0.3 is 9.80 Å². The number of pyridine rings is 1.